The first-order valence-corrected chi connectivity index (χ1v) is 7.54. The van der Waals surface area contributed by atoms with E-state index < -0.39 is 11.2 Å². The number of nitrogens with zero attached hydrogens (tertiary/aromatic N) is 5. The van der Waals surface area contributed by atoms with E-state index >= 15 is 0 Å². The minimum absolute atomic E-state index is 0. The fraction of sp³-hybridized carbons (Fsp3) is 0.571. The first-order chi connectivity index (χ1) is 10.9. The third kappa shape index (κ3) is 2.96. The van der Waals surface area contributed by atoms with Crippen molar-refractivity contribution in [3.05, 3.63) is 27.2 Å². The summed E-state index contributed by atoms with van der Waals surface area (Å²) in [6.45, 7) is 0.788. The lowest BCUT2D eigenvalue weighted by Crippen LogP contribution is -2.49. The van der Waals surface area contributed by atoms with Gasteiger partial charge < -0.3 is 15.2 Å². The van der Waals surface area contributed by atoms with Gasteiger partial charge in [0.25, 0.3) is 5.56 Å². The summed E-state index contributed by atoms with van der Waals surface area (Å²) in [7, 11) is 3.21. The monoisotopic (exact) mass is 356 g/mol. The number of aryl methyl sites for hydroxylation is 2. The number of hydrogen-bond donors (Lipinski definition) is 1. The molecule has 24 heavy (non-hydrogen) atoms. The highest BCUT2D eigenvalue weighted by molar-refractivity contribution is 5.85. The van der Waals surface area contributed by atoms with Crippen molar-refractivity contribution in [1.82, 2.24) is 23.6 Å². The van der Waals surface area contributed by atoms with Crippen LogP contribution >= 0.6 is 12.4 Å². The summed E-state index contributed by atoms with van der Waals surface area (Å²) in [6, 6.07) is -0.0493. The van der Waals surface area contributed by atoms with Crippen LogP contribution in [0.15, 0.2) is 15.9 Å². The summed E-state index contributed by atoms with van der Waals surface area (Å²) in [5.74, 6) is -0.263. The lowest BCUT2D eigenvalue weighted by Gasteiger charge is -2.30. The van der Waals surface area contributed by atoms with Crippen LogP contribution in [-0.2, 0) is 25.4 Å². The molecule has 2 N–H and O–H groups in total. The molecule has 2 aromatic heterocycles. The minimum Gasteiger partial charge on any atom is -0.340 e. The van der Waals surface area contributed by atoms with E-state index in [1.807, 2.05) is 0 Å². The number of nitrogens with two attached hydrogens (primary N) is 1. The Kier molecular flexibility index (Phi) is 5.14. The number of piperidine rings is 1. The van der Waals surface area contributed by atoms with Crippen LogP contribution in [0.25, 0.3) is 11.2 Å². The number of fused-ring (bicyclic) bond motifs is 1. The highest BCUT2D eigenvalue weighted by Gasteiger charge is 2.23. The number of carbonyl (C=O) groups is 1. The zero-order valence-electron chi connectivity index (χ0n) is 13.6. The number of aromatic nitrogens is 4. The van der Waals surface area contributed by atoms with Crippen LogP contribution in [0, 0.1) is 0 Å². The predicted octanol–water partition coefficient (Wildman–Crippen LogP) is -1.19. The molecule has 0 saturated carbocycles. The number of imidazole rings is 1. The van der Waals surface area contributed by atoms with Gasteiger partial charge in [0.1, 0.15) is 6.54 Å². The third-order valence-electron chi connectivity index (χ3n) is 4.30. The van der Waals surface area contributed by atoms with Crippen molar-refractivity contribution in [3.8, 4) is 0 Å². The number of amides is 1. The van der Waals surface area contributed by atoms with Gasteiger partial charge in [0, 0.05) is 33.2 Å². The SMILES string of the molecule is Cl.Cn1cnc2c1c(=O)n(CC(=O)N1CCCC(N)C1)c(=O)n2C. The summed E-state index contributed by atoms with van der Waals surface area (Å²) in [5.41, 5.74) is 5.45. The fourth-order valence-corrected chi connectivity index (χ4v) is 3.01. The van der Waals surface area contributed by atoms with Gasteiger partial charge in [-0.1, -0.05) is 0 Å². The van der Waals surface area contributed by atoms with E-state index in [1.54, 1.807) is 16.5 Å². The number of carbonyl (C=O) groups excluding carboxylic acids is 1. The second-order valence-electron chi connectivity index (χ2n) is 6.00. The Hall–Kier alpha value is -2.13. The summed E-state index contributed by atoms with van der Waals surface area (Å²) < 4.78 is 3.80. The maximum absolute atomic E-state index is 12.6. The van der Waals surface area contributed by atoms with Crippen molar-refractivity contribution >= 4 is 29.5 Å². The number of rotatable bonds is 2. The van der Waals surface area contributed by atoms with Crippen molar-refractivity contribution in [3.63, 3.8) is 0 Å². The molecular formula is C14H21ClN6O3. The van der Waals surface area contributed by atoms with Gasteiger partial charge >= 0.3 is 5.69 Å². The second kappa shape index (κ2) is 6.78. The summed E-state index contributed by atoms with van der Waals surface area (Å²) in [4.78, 5) is 43.0. The Morgan fingerprint density at radius 3 is 2.75 bits per heavy atom. The molecule has 1 aliphatic heterocycles. The Balaban J connectivity index is 0.00000208. The molecule has 1 aliphatic rings. The Morgan fingerprint density at radius 1 is 1.38 bits per heavy atom. The van der Waals surface area contributed by atoms with Gasteiger partial charge in [-0.2, -0.15) is 0 Å². The van der Waals surface area contributed by atoms with E-state index in [1.165, 1.54) is 17.9 Å². The topological polar surface area (TPSA) is 108 Å². The largest absolute Gasteiger partial charge is 0.340 e. The molecule has 1 amide bonds. The van der Waals surface area contributed by atoms with Crippen molar-refractivity contribution in [2.45, 2.75) is 25.4 Å². The van der Waals surface area contributed by atoms with Gasteiger partial charge in [0.2, 0.25) is 5.91 Å². The van der Waals surface area contributed by atoms with Crippen LogP contribution < -0.4 is 17.0 Å². The smallest absolute Gasteiger partial charge is 0.332 e. The highest BCUT2D eigenvalue weighted by atomic mass is 35.5. The van der Waals surface area contributed by atoms with Gasteiger partial charge in [-0.3, -0.25) is 14.2 Å². The molecule has 10 heteroatoms. The molecule has 0 spiro atoms. The molecule has 3 rings (SSSR count). The molecule has 0 aliphatic carbocycles. The van der Waals surface area contributed by atoms with Crippen LogP contribution in [-0.4, -0.2) is 48.6 Å². The van der Waals surface area contributed by atoms with Crippen molar-refractivity contribution in [2.24, 2.45) is 19.8 Å². The van der Waals surface area contributed by atoms with Crippen molar-refractivity contribution in [1.29, 1.82) is 0 Å². The maximum Gasteiger partial charge on any atom is 0.332 e. The van der Waals surface area contributed by atoms with Crippen molar-refractivity contribution in [2.75, 3.05) is 13.1 Å². The van der Waals surface area contributed by atoms with Crippen LogP contribution in [0.1, 0.15) is 12.8 Å². The zero-order chi connectivity index (χ0) is 16.7. The first-order valence-electron chi connectivity index (χ1n) is 7.54. The van der Waals surface area contributed by atoms with Crippen LogP contribution in [0.2, 0.25) is 0 Å². The van der Waals surface area contributed by atoms with Crippen LogP contribution in [0.4, 0.5) is 0 Å². The first kappa shape index (κ1) is 18.2. The second-order valence-corrected chi connectivity index (χ2v) is 6.00. The Labute approximate surface area is 144 Å². The third-order valence-corrected chi connectivity index (χ3v) is 4.30. The molecule has 1 atom stereocenters. The predicted molar refractivity (Wildman–Crippen MR) is 91.3 cm³/mol. The molecule has 0 aromatic carbocycles. The summed E-state index contributed by atoms with van der Waals surface area (Å²) in [6.07, 6.45) is 3.19. The Bertz CT molecular complexity index is 883. The Morgan fingerprint density at radius 2 is 2.08 bits per heavy atom. The molecule has 1 fully saturated rings. The molecule has 1 saturated heterocycles. The van der Waals surface area contributed by atoms with Gasteiger partial charge in [0.15, 0.2) is 11.2 Å². The standard InChI is InChI=1S/C14H20N6O3.ClH/c1-17-8-16-12-11(17)13(22)20(14(23)18(12)2)7-10(21)19-5-3-4-9(15)6-19;/h8-9H,3-7,15H2,1-2H3;1H. The van der Waals surface area contributed by atoms with Gasteiger partial charge in [-0.15, -0.1) is 12.4 Å². The van der Waals surface area contributed by atoms with E-state index in [0.29, 0.717) is 24.3 Å². The van der Waals surface area contributed by atoms with E-state index in [9.17, 15) is 14.4 Å². The van der Waals surface area contributed by atoms with Crippen molar-refractivity contribution < 1.29 is 4.79 Å². The molecule has 1 unspecified atom stereocenters. The fourth-order valence-electron chi connectivity index (χ4n) is 3.01. The van der Waals surface area contributed by atoms with Crippen LogP contribution in [0.5, 0.6) is 0 Å². The van der Waals surface area contributed by atoms with E-state index in [4.69, 9.17) is 5.73 Å². The molecule has 3 heterocycles. The van der Waals surface area contributed by atoms with E-state index in [2.05, 4.69) is 4.98 Å². The number of likely N-dealkylation sites (tertiary alicyclic amines) is 1. The molecule has 2 aromatic rings. The van der Waals surface area contributed by atoms with Crippen LogP contribution in [0.3, 0.4) is 0 Å². The lowest BCUT2D eigenvalue weighted by atomic mass is 10.1. The number of halogens is 1. The molecule has 132 valence electrons. The average Bonchev–Trinajstić information content (AvgIpc) is 2.91. The molecule has 9 nitrogen and oxygen atoms in total. The maximum atomic E-state index is 12.6. The molecular weight excluding hydrogens is 336 g/mol. The normalized spacial score (nSPS) is 17.8. The highest BCUT2D eigenvalue weighted by Crippen LogP contribution is 2.09. The van der Waals surface area contributed by atoms with Gasteiger partial charge in [0.05, 0.1) is 6.33 Å². The quantitative estimate of drug-likeness (QED) is 0.727. The molecule has 0 bridgehead atoms. The van der Waals surface area contributed by atoms with Gasteiger partial charge in [-0.25, -0.2) is 14.3 Å². The van der Waals surface area contributed by atoms with Gasteiger partial charge in [-0.05, 0) is 12.8 Å². The van der Waals surface area contributed by atoms with E-state index in [0.717, 1.165) is 17.4 Å². The minimum atomic E-state index is -0.546. The average molecular weight is 357 g/mol. The number of hydrogen-bond acceptors (Lipinski definition) is 5. The zero-order valence-corrected chi connectivity index (χ0v) is 14.5. The van der Waals surface area contributed by atoms with E-state index in [-0.39, 0.29) is 30.9 Å². The summed E-state index contributed by atoms with van der Waals surface area (Å²) in [5, 5.41) is 0. The molecule has 0 radical (unpaired) electrons. The summed E-state index contributed by atoms with van der Waals surface area (Å²) >= 11 is 0. The lowest BCUT2D eigenvalue weighted by molar-refractivity contribution is -0.133.